The van der Waals surface area contributed by atoms with Gasteiger partial charge in [0.05, 0.1) is 0 Å². The molecular weight excluding hydrogens is 359 g/mol. The standard InChI is InChI=1S/C18H14FNPSe/c19-17-13-7-8-14-18(17)20-21(22,15-9-3-1-4-10-15)16-11-5-2-6-12-16/h1-14H/q-1. The van der Waals surface area contributed by atoms with Crippen LogP contribution >= 0.6 is 5.74 Å². The SMILES string of the molecule is Fc1ccccc1N=P([Se-])(c1ccccc1)c1ccccc1. The van der Waals surface area contributed by atoms with Crippen LogP contribution in [0.25, 0.3) is 0 Å². The third-order valence-corrected chi connectivity index (χ3v) is 8.97. The molecule has 0 radical (unpaired) electrons. The molecular formula is C18H14FNPSe-. The fraction of sp³-hybridized carbons (Fsp3) is 0. The Balaban J connectivity index is 2.27. The van der Waals surface area contributed by atoms with Crippen molar-refractivity contribution < 1.29 is 4.39 Å². The van der Waals surface area contributed by atoms with Gasteiger partial charge < -0.3 is 0 Å². The summed E-state index contributed by atoms with van der Waals surface area (Å²) >= 11 is 3.28. The molecule has 0 aliphatic heterocycles. The fourth-order valence-electron chi connectivity index (χ4n) is 2.21. The van der Waals surface area contributed by atoms with E-state index in [9.17, 15) is 4.39 Å². The molecule has 0 aromatic heterocycles. The van der Waals surface area contributed by atoms with Gasteiger partial charge in [-0.15, -0.1) is 0 Å². The van der Waals surface area contributed by atoms with Crippen molar-refractivity contribution in [2.24, 2.45) is 4.74 Å². The maximum absolute atomic E-state index is 14.1. The van der Waals surface area contributed by atoms with E-state index in [1.54, 1.807) is 12.1 Å². The topological polar surface area (TPSA) is 12.4 Å². The second kappa shape index (κ2) is 6.62. The Morgan fingerprint density at radius 3 is 1.64 bits per heavy atom. The van der Waals surface area contributed by atoms with Gasteiger partial charge in [-0.25, -0.2) is 0 Å². The monoisotopic (exact) mass is 374 g/mol. The summed E-state index contributed by atoms with van der Waals surface area (Å²) in [6, 6.07) is 26.7. The molecule has 110 valence electrons. The predicted molar refractivity (Wildman–Crippen MR) is 93.3 cm³/mol. The summed E-state index contributed by atoms with van der Waals surface area (Å²) in [7, 11) is 0. The number of benzene rings is 3. The predicted octanol–water partition coefficient (Wildman–Crippen LogP) is 4.39. The first kappa shape index (κ1) is 15.2. The van der Waals surface area contributed by atoms with E-state index < -0.39 is 5.74 Å². The summed E-state index contributed by atoms with van der Waals surface area (Å²) in [5.74, 6) is -2.46. The molecule has 0 unspecified atom stereocenters. The van der Waals surface area contributed by atoms with E-state index in [2.05, 4.69) is 15.6 Å². The molecule has 0 bridgehead atoms. The molecule has 0 spiro atoms. The van der Waals surface area contributed by atoms with Crippen molar-refractivity contribution in [2.45, 2.75) is 0 Å². The first-order valence-electron chi connectivity index (χ1n) is 6.89. The van der Waals surface area contributed by atoms with Crippen molar-refractivity contribution in [1.82, 2.24) is 0 Å². The molecule has 0 aliphatic carbocycles. The molecule has 22 heavy (non-hydrogen) atoms. The number of rotatable bonds is 3. The van der Waals surface area contributed by atoms with E-state index >= 15 is 0 Å². The third-order valence-electron chi connectivity index (χ3n) is 3.31. The quantitative estimate of drug-likeness (QED) is 0.477. The van der Waals surface area contributed by atoms with Crippen molar-refractivity contribution in [3.8, 4) is 0 Å². The summed E-state index contributed by atoms with van der Waals surface area (Å²) in [4.78, 5) is 0. The van der Waals surface area contributed by atoms with Gasteiger partial charge in [0.2, 0.25) is 0 Å². The van der Waals surface area contributed by atoms with Gasteiger partial charge in [-0.05, 0) is 0 Å². The first-order valence-corrected chi connectivity index (χ1v) is 10.8. The van der Waals surface area contributed by atoms with Crippen molar-refractivity contribution in [1.29, 1.82) is 0 Å². The normalized spacial score (nSPS) is 11.2. The van der Waals surface area contributed by atoms with Crippen LogP contribution in [0.1, 0.15) is 0 Å². The van der Waals surface area contributed by atoms with Crippen molar-refractivity contribution >= 4 is 37.6 Å². The van der Waals surface area contributed by atoms with Crippen molar-refractivity contribution in [2.75, 3.05) is 0 Å². The Labute approximate surface area is 137 Å². The fourth-order valence-corrected chi connectivity index (χ4v) is 6.44. The molecule has 0 fully saturated rings. The Bertz CT molecular complexity index is 775. The van der Waals surface area contributed by atoms with Gasteiger partial charge in [0.15, 0.2) is 0 Å². The second-order valence-corrected chi connectivity index (χ2v) is 10.5. The van der Waals surface area contributed by atoms with Crippen LogP contribution in [-0.4, -0.2) is 15.6 Å². The number of nitrogens with zero attached hydrogens (tertiary/aromatic N) is 1. The number of halogens is 1. The van der Waals surface area contributed by atoms with Gasteiger partial charge in [-0.3, -0.25) is 0 Å². The summed E-state index contributed by atoms with van der Waals surface area (Å²) in [5.41, 5.74) is 0.391. The molecule has 0 N–H and O–H groups in total. The third kappa shape index (κ3) is 3.08. The number of hydrogen-bond donors (Lipinski definition) is 0. The van der Waals surface area contributed by atoms with Gasteiger partial charge >= 0.3 is 137 Å². The molecule has 3 rings (SSSR count). The molecule has 0 saturated carbocycles. The van der Waals surface area contributed by atoms with E-state index in [1.807, 2.05) is 66.7 Å². The van der Waals surface area contributed by atoms with E-state index in [0.717, 1.165) is 10.6 Å². The zero-order chi connectivity index (χ0) is 15.4. The van der Waals surface area contributed by atoms with Crippen LogP contribution in [-0.2, 0) is 0 Å². The maximum atomic E-state index is 14.1. The average Bonchev–Trinajstić information content (AvgIpc) is 2.58. The molecule has 0 atom stereocenters. The van der Waals surface area contributed by atoms with Crippen LogP contribution in [0.5, 0.6) is 0 Å². The van der Waals surface area contributed by atoms with Gasteiger partial charge in [0, 0.05) is 0 Å². The van der Waals surface area contributed by atoms with E-state index in [-0.39, 0.29) is 5.82 Å². The van der Waals surface area contributed by atoms with Crippen LogP contribution in [0, 0.1) is 5.82 Å². The zero-order valence-electron chi connectivity index (χ0n) is 11.8. The van der Waals surface area contributed by atoms with Gasteiger partial charge in [-0.2, -0.15) is 0 Å². The summed E-state index contributed by atoms with van der Waals surface area (Å²) in [6.07, 6.45) is 0. The molecule has 0 saturated heterocycles. The Morgan fingerprint density at radius 2 is 1.14 bits per heavy atom. The molecule has 3 aromatic carbocycles. The molecule has 0 heterocycles. The van der Waals surface area contributed by atoms with Crippen molar-refractivity contribution in [3.05, 3.63) is 90.7 Å². The van der Waals surface area contributed by atoms with E-state index in [4.69, 9.17) is 4.74 Å². The molecule has 0 aliphatic rings. The van der Waals surface area contributed by atoms with Crippen LogP contribution in [0.4, 0.5) is 10.1 Å². The van der Waals surface area contributed by atoms with E-state index in [1.165, 1.54) is 6.07 Å². The minimum absolute atomic E-state index is 0.297. The van der Waals surface area contributed by atoms with Crippen LogP contribution in [0.2, 0.25) is 0 Å². The first-order chi connectivity index (χ1) is 10.7. The summed E-state index contributed by atoms with van der Waals surface area (Å²) in [6.45, 7) is 0. The Morgan fingerprint density at radius 1 is 0.682 bits per heavy atom. The van der Waals surface area contributed by atoms with Gasteiger partial charge in [-0.1, -0.05) is 0 Å². The summed E-state index contributed by atoms with van der Waals surface area (Å²) in [5, 5.41) is 2.17. The van der Waals surface area contributed by atoms with Crippen molar-refractivity contribution in [3.63, 3.8) is 0 Å². The second-order valence-electron chi connectivity index (χ2n) is 4.80. The van der Waals surface area contributed by atoms with E-state index in [0.29, 0.717) is 5.69 Å². The molecule has 3 aromatic rings. The van der Waals surface area contributed by atoms with Gasteiger partial charge in [0.25, 0.3) is 0 Å². The summed E-state index contributed by atoms with van der Waals surface area (Å²) < 4.78 is 18.9. The number of hydrogen-bond acceptors (Lipinski definition) is 1. The molecule has 4 heteroatoms. The average molecular weight is 373 g/mol. The van der Waals surface area contributed by atoms with Crippen LogP contribution < -0.4 is 10.6 Å². The zero-order valence-corrected chi connectivity index (χ0v) is 14.4. The minimum atomic E-state index is -2.16. The van der Waals surface area contributed by atoms with Crippen LogP contribution in [0.15, 0.2) is 89.7 Å². The Kier molecular flexibility index (Phi) is 4.59. The Hall–Kier alpha value is -1.66. The molecule has 0 amide bonds. The van der Waals surface area contributed by atoms with Crippen LogP contribution in [0.3, 0.4) is 0 Å². The van der Waals surface area contributed by atoms with Gasteiger partial charge in [0.1, 0.15) is 0 Å². The molecule has 1 nitrogen and oxygen atoms in total.